The number of carbonyl (C=O) groups excluding carboxylic acids is 3. The van der Waals surface area contributed by atoms with Crippen LogP contribution < -0.4 is 0 Å². The van der Waals surface area contributed by atoms with Gasteiger partial charge in [0.2, 0.25) is 0 Å². The SMILES string of the molecule is CC(=O)CCCCCC(O)CCCCCC(=O)OC(CCCC1CCCCC1)COC(=O)CCC1CCCCC1. The van der Waals surface area contributed by atoms with E-state index in [9.17, 15) is 19.5 Å². The van der Waals surface area contributed by atoms with Crippen LogP contribution in [0.1, 0.15) is 167 Å². The highest BCUT2D eigenvalue weighted by Crippen LogP contribution is 2.29. The van der Waals surface area contributed by atoms with Gasteiger partial charge in [0, 0.05) is 19.3 Å². The Kier molecular flexibility index (Phi) is 19.3. The van der Waals surface area contributed by atoms with Crippen LogP contribution in [0.5, 0.6) is 0 Å². The Labute approximate surface area is 244 Å². The highest BCUT2D eigenvalue weighted by Gasteiger charge is 2.20. The monoisotopic (exact) mass is 564 g/mol. The van der Waals surface area contributed by atoms with Crippen molar-refractivity contribution in [3.63, 3.8) is 0 Å². The minimum Gasteiger partial charge on any atom is -0.462 e. The van der Waals surface area contributed by atoms with Gasteiger partial charge >= 0.3 is 11.9 Å². The molecule has 2 unspecified atom stereocenters. The van der Waals surface area contributed by atoms with Gasteiger partial charge in [-0.25, -0.2) is 0 Å². The lowest BCUT2D eigenvalue weighted by Crippen LogP contribution is -2.26. The van der Waals surface area contributed by atoms with Gasteiger partial charge in [0.1, 0.15) is 18.5 Å². The summed E-state index contributed by atoms with van der Waals surface area (Å²) in [5, 5.41) is 10.2. The first-order chi connectivity index (χ1) is 19.4. The Balaban J connectivity index is 1.62. The number of aliphatic hydroxyl groups is 1. The first kappa shape index (κ1) is 34.8. The summed E-state index contributed by atoms with van der Waals surface area (Å²) >= 11 is 0. The molecular formula is C34H60O6. The highest BCUT2D eigenvalue weighted by molar-refractivity contribution is 5.75. The minimum absolute atomic E-state index is 0.156. The van der Waals surface area contributed by atoms with E-state index in [0.29, 0.717) is 25.2 Å². The first-order valence-corrected chi connectivity index (χ1v) is 16.9. The molecule has 0 saturated heterocycles. The van der Waals surface area contributed by atoms with E-state index in [0.717, 1.165) is 76.5 Å². The third-order valence-corrected chi connectivity index (χ3v) is 9.06. The third-order valence-electron chi connectivity index (χ3n) is 9.06. The summed E-state index contributed by atoms with van der Waals surface area (Å²) in [4.78, 5) is 36.0. The van der Waals surface area contributed by atoms with Crippen molar-refractivity contribution >= 4 is 17.7 Å². The number of aliphatic hydroxyl groups excluding tert-OH is 1. The van der Waals surface area contributed by atoms with Crippen molar-refractivity contribution < 1.29 is 29.0 Å². The molecule has 40 heavy (non-hydrogen) atoms. The molecule has 0 radical (unpaired) electrons. The van der Waals surface area contributed by atoms with Gasteiger partial charge in [-0.2, -0.15) is 0 Å². The summed E-state index contributed by atoms with van der Waals surface area (Å²) in [7, 11) is 0. The van der Waals surface area contributed by atoms with E-state index in [1.807, 2.05) is 0 Å². The number of ether oxygens (including phenoxy) is 2. The Bertz CT molecular complexity index is 680. The second-order valence-electron chi connectivity index (χ2n) is 12.8. The standard InChI is InChI=1S/C34H60O6/c1-28(35)15-6-2-11-21-31(36)22-12-5-13-24-34(38)40-32(23-14-20-29-16-7-3-8-17-29)27-39-33(37)26-25-30-18-9-4-10-19-30/h29-32,36H,2-27H2,1H3. The van der Waals surface area contributed by atoms with E-state index in [2.05, 4.69) is 0 Å². The predicted molar refractivity (Wildman–Crippen MR) is 160 cm³/mol. The van der Waals surface area contributed by atoms with E-state index >= 15 is 0 Å². The molecule has 2 atom stereocenters. The van der Waals surface area contributed by atoms with Gasteiger partial charge in [0.15, 0.2) is 0 Å². The minimum atomic E-state index is -0.348. The largest absolute Gasteiger partial charge is 0.462 e. The molecule has 0 spiro atoms. The average molecular weight is 565 g/mol. The molecule has 0 bridgehead atoms. The van der Waals surface area contributed by atoms with Crippen LogP contribution in [0, 0.1) is 11.8 Å². The first-order valence-electron chi connectivity index (χ1n) is 16.9. The third kappa shape index (κ3) is 18.1. The quantitative estimate of drug-likeness (QED) is 0.105. The average Bonchev–Trinajstić information content (AvgIpc) is 2.95. The number of rotatable bonds is 22. The van der Waals surface area contributed by atoms with Crippen molar-refractivity contribution in [2.45, 2.75) is 180 Å². The number of unbranched alkanes of at least 4 members (excludes halogenated alkanes) is 4. The summed E-state index contributed by atoms with van der Waals surface area (Å²) in [5.74, 6) is 1.32. The van der Waals surface area contributed by atoms with Crippen molar-refractivity contribution in [1.82, 2.24) is 0 Å². The van der Waals surface area contributed by atoms with Gasteiger partial charge in [-0.1, -0.05) is 96.3 Å². The molecule has 2 saturated carbocycles. The van der Waals surface area contributed by atoms with Gasteiger partial charge in [-0.3, -0.25) is 9.59 Å². The zero-order chi connectivity index (χ0) is 28.8. The van der Waals surface area contributed by atoms with Gasteiger partial charge in [0.05, 0.1) is 6.10 Å². The second-order valence-corrected chi connectivity index (χ2v) is 12.8. The Hall–Kier alpha value is -1.43. The maximum atomic E-state index is 12.6. The van der Waals surface area contributed by atoms with Gasteiger partial charge < -0.3 is 19.4 Å². The zero-order valence-electron chi connectivity index (χ0n) is 25.7. The Morgan fingerprint density at radius 3 is 1.82 bits per heavy atom. The molecule has 2 aliphatic carbocycles. The molecule has 0 heterocycles. The normalized spacial score (nSPS) is 18.2. The number of hydrogen-bond acceptors (Lipinski definition) is 6. The predicted octanol–water partition coefficient (Wildman–Crippen LogP) is 8.40. The van der Waals surface area contributed by atoms with Crippen molar-refractivity contribution in [3.8, 4) is 0 Å². The maximum absolute atomic E-state index is 12.6. The lowest BCUT2D eigenvalue weighted by Gasteiger charge is -2.23. The Morgan fingerprint density at radius 2 is 1.23 bits per heavy atom. The molecule has 0 aromatic heterocycles. The van der Waals surface area contributed by atoms with Gasteiger partial charge in [0.25, 0.3) is 0 Å². The van der Waals surface area contributed by atoms with Crippen LogP contribution in [0.4, 0.5) is 0 Å². The summed E-state index contributed by atoms with van der Waals surface area (Å²) in [6.07, 6.45) is 24.6. The van der Waals surface area contributed by atoms with Crippen molar-refractivity contribution in [3.05, 3.63) is 0 Å². The second kappa shape index (κ2) is 22.2. The van der Waals surface area contributed by atoms with Gasteiger partial charge in [-0.15, -0.1) is 0 Å². The van der Waals surface area contributed by atoms with E-state index < -0.39 is 0 Å². The number of esters is 2. The van der Waals surface area contributed by atoms with E-state index in [1.54, 1.807) is 6.92 Å². The fraction of sp³-hybridized carbons (Fsp3) is 0.912. The highest BCUT2D eigenvalue weighted by atomic mass is 16.6. The van der Waals surface area contributed by atoms with Crippen molar-refractivity contribution in [1.29, 1.82) is 0 Å². The fourth-order valence-corrected chi connectivity index (χ4v) is 6.49. The smallest absolute Gasteiger partial charge is 0.306 e. The molecule has 0 aromatic rings. The van der Waals surface area contributed by atoms with Crippen molar-refractivity contribution in [2.24, 2.45) is 11.8 Å². The van der Waals surface area contributed by atoms with E-state index in [4.69, 9.17) is 9.47 Å². The fourth-order valence-electron chi connectivity index (χ4n) is 6.49. The lowest BCUT2D eigenvalue weighted by atomic mass is 9.85. The molecule has 1 N–H and O–H groups in total. The topological polar surface area (TPSA) is 89.9 Å². The van der Waals surface area contributed by atoms with Crippen LogP contribution >= 0.6 is 0 Å². The molecule has 0 amide bonds. The van der Waals surface area contributed by atoms with Gasteiger partial charge in [-0.05, 0) is 63.7 Å². The lowest BCUT2D eigenvalue weighted by molar-refractivity contribution is -0.159. The van der Waals surface area contributed by atoms with Crippen LogP contribution in [0.3, 0.4) is 0 Å². The molecule has 2 fully saturated rings. The Morgan fingerprint density at radius 1 is 0.650 bits per heavy atom. The number of ketones is 1. The van der Waals surface area contributed by atoms with Crippen LogP contribution in [0.25, 0.3) is 0 Å². The van der Waals surface area contributed by atoms with Crippen LogP contribution in [0.2, 0.25) is 0 Å². The summed E-state index contributed by atoms with van der Waals surface area (Å²) in [6, 6.07) is 0. The zero-order valence-corrected chi connectivity index (χ0v) is 25.7. The molecule has 6 heteroatoms. The van der Waals surface area contributed by atoms with Crippen LogP contribution in [0.15, 0.2) is 0 Å². The molecule has 6 nitrogen and oxygen atoms in total. The van der Waals surface area contributed by atoms with Crippen LogP contribution in [-0.2, 0) is 23.9 Å². The van der Waals surface area contributed by atoms with Crippen molar-refractivity contribution in [2.75, 3.05) is 6.61 Å². The molecule has 2 rings (SSSR count). The summed E-state index contributed by atoms with van der Waals surface area (Å²) in [5.41, 5.74) is 0. The molecule has 0 aliphatic heterocycles. The number of hydrogen-bond donors (Lipinski definition) is 1. The summed E-state index contributed by atoms with van der Waals surface area (Å²) in [6.45, 7) is 1.80. The molecule has 2 aliphatic rings. The van der Waals surface area contributed by atoms with E-state index in [1.165, 1.54) is 70.6 Å². The molecule has 232 valence electrons. The van der Waals surface area contributed by atoms with Crippen LogP contribution in [-0.4, -0.2) is 41.6 Å². The molecule has 0 aromatic carbocycles. The van der Waals surface area contributed by atoms with E-state index in [-0.39, 0.29) is 36.5 Å². The number of Topliss-reactive ketones (excluding diaryl/α,β-unsaturated/α-hetero) is 1. The number of carbonyl (C=O) groups is 3. The maximum Gasteiger partial charge on any atom is 0.306 e. The summed E-state index contributed by atoms with van der Waals surface area (Å²) < 4.78 is 11.4. The molecular weight excluding hydrogens is 504 g/mol.